The summed E-state index contributed by atoms with van der Waals surface area (Å²) < 4.78 is 11.0. The minimum Gasteiger partial charge on any atom is -0.497 e. The molecule has 2 aromatic rings. The van der Waals surface area contributed by atoms with Gasteiger partial charge in [-0.1, -0.05) is 6.07 Å². The summed E-state index contributed by atoms with van der Waals surface area (Å²) in [4.78, 5) is 23.6. The topological polar surface area (TPSA) is 64.6 Å². The first-order valence-electron chi connectivity index (χ1n) is 6.45. The average molecular weight is 411 g/mol. The van der Waals surface area contributed by atoms with E-state index in [1.807, 2.05) is 18.2 Å². The Morgan fingerprint density at radius 1 is 1.14 bits per heavy atom. The highest BCUT2D eigenvalue weighted by atomic mass is 127. The van der Waals surface area contributed by atoms with E-state index >= 15 is 0 Å². The number of methoxy groups -OCH3 is 1. The number of halogens is 1. The molecule has 0 atom stereocenters. The second-order valence-corrected chi connectivity index (χ2v) is 5.61. The summed E-state index contributed by atoms with van der Waals surface area (Å²) in [6.45, 7) is -0.337. The van der Waals surface area contributed by atoms with E-state index in [0.29, 0.717) is 17.0 Å². The zero-order valence-corrected chi connectivity index (χ0v) is 14.0. The third-order valence-corrected chi connectivity index (χ3v) is 3.44. The third-order valence-electron chi connectivity index (χ3n) is 2.77. The van der Waals surface area contributed by atoms with Gasteiger partial charge in [0.15, 0.2) is 6.61 Å². The van der Waals surface area contributed by atoms with Crippen molar-refractivity contribution < 1.29 is 19.1 Å². The number of anilines is 1. The van der Waals surface area contributed by atoms with E-state index in [2.05, 4.69) is 27.9 Å². The molecule has 0 saturated carbocycles. The summed E-state index contributed by atoms with van der Waals surface area (Å²) in [7, 11) is 1.54. The molecule has 1 N–H and O–H groups in total. The smallest absolute Gasteiger partial charge is 0.338 e. The molecule has 0 spiro atoms. The van der Waals surface area contributed by atoms with Crippen molar-refractivity contribution in [3.63, 3.8) is 0 Å². The van der Waals surface area contributed by atoms with Crippen LogP contribution in [-0.2, 0) is 9.53 Å². The molecule has 0 aliphatic heterocycles. The summed E-state index contributed by atoms with van der Waals surface area (Å²) in [5, 5.41) is 2.67. The van der Waals surface area contributed by atoms with Crippen LogP contribution in [0.3, 0.4) is 0 Å². The molecule has 0 unspecified atom stereocenters. The van der Waals surface area contributed by atoms with E-state index in [1.54, 1.807) is 37.4 Å². The molecule has 1 amide bonds. The largest absolute Gasteiger partial charge is 0.497 e. The van der Waals surface area contributed by atoms with Crippen LogP contribution in [0.2, 0.25) is 0 Å². The average Bonchev–Trinajstić information content (AvgIpc) is 2.52. The van der Waals surface area contributed by atoms with Crippen molar-refractivity contribution in [3.8, 4) is 5.75 Å². The minimum absolute atomic E-state index is 0.337. The summed E-state index contributed by atoms with van der Waals surface area (Å²) in [6, 6.07) is 13.8. The highest BCUT2D eigenvalue weighted by Crippen LogP contribution is 2.13. The van der Waals surface area contributed by atoms with Crippen LogP contribution in [0.25, 0.3) is 0 Å². The molecular weight excluding hydrogens is 397 g/mol. The zero-order chi connectivity index (χ0) is 15.9. The maximum atomic E-state index is 11.8. The third kappa shape index (κ3) is 4.73. The van der Waals surface area contributed by atoms with Crippen molar-refractivity contribution >= 4 is 40.2 Å². The van der Waals surface area contributed by atoms with E-state index in [1.165, 1.54) is 0 Å². The number of carbonyl (C=O) groups is 2. The number of hydrogen-bond donors (Lipinski definition) is 1. The van der Waals surface area contributed by atoms with Gasteiger partial charge in [0.2, 0.25) is 0 Å². The number of carbonyl (C=O) groups excluding carboxylic acids is 2. The van der Waals surface area contributed by atoms with Gasteiger partial charge in [-0.2, -0.15) is 0 Å². The molecule has 0 radical (unpaired) electrons. The van der Waals surface area contributed by atoms with Crippen LogP contribution in [-0.4, -0.2) is 25.6 Å². The summed E-state index contributed by atoms with van der Waals surface area (Å²) in [5.41, 5.74) is 1.03. The zero-order valence-electron chi connectivity index (χ0n) is 11.8. The number of nitrogens with one attached hydrogen (secondary N) is 1. The highest BCUT2D eigenvalue weighted by molar-refractivity contribution is 14.1. The van der Waals surface area contributed by atoms with Gasteiger partial charge in [-0.05, 0) is 65.1 Å². The Morgan fingerprint density at radius 3 is 2.50 bits per heavy atom. The van der Waals surface area contributed by atoms with Crippen molar-refractivity contribution in [1.82, 2.24) is 0 Å². The molecule has 0 bridgehead atoms. The fourth-order valence-corrected chi connectivity index (χ4v) is 2.25. The Labute approximate surface area is 141 Å². The van der Waals surface area contributed by atoms with Crippen LogP contribution >= 0.6 is 22.6 Å². The molecule has 22 heavy (non-hydrogen) atoms. The van der Waals surface area contributed by atoms with Crippen molar-refractivity contribution in [3.05, 3.63) is 57.7 Å². The SMILES string of the molecule is COc1ccc(C(=O)OCC(=O)Nc2cccc(I)c2)cc1. The number of esters is 1. The molecule has 0 heterocycles. The molecule has 2 rings (SSSR count). The lowest BCUT2D eigenvalue weighted by molar-refractivity contribution is -0.119. The van der Waals surface area contributed by atoms with Crippen LogP contribution in [0.4, 0.5) is 5.69 Å². The Bertz CT molecular complexity index is 670. The highest BCUT2D eigenvalue weighted by Gasteiger charge is 2.10. The normalized spacial score (nSPS) is 9.91. The fourth-order valence-electron chi connectivity index (χ4n) is 1.70. The lowest BCUT2D eigenvalue weighted by Crippen LogP contribution is -2.20. The maximum Gasteiger partial charge on any atom is 0.338 e. The minimum atomic E-state index is -0.555. The lowest BCUT2D eigenvalue weighted by atomic mass is 10.2. The quantitative estimate of drug-likeness (QED) is 0.607. The van der Waals surface area contributed by atoms with Gasteiger partial charge in [0.25, 0.3) is 5.91 Å². The van der Waals surface area contributed by atoms with E-state index in [0.717, 1.165) is 3.57 Å². The maximum absolute atomic E-state index is 11.8. The van der Waals surface area contributed by atoms with Crippen LogP contribution in [0.15, 0.2) is 48.5 Å². The lowest BCUT2D eigenvalue weighted by Gasteiger charge is -2.07. The standard InChI is InChI=1S/C16H14INO4/c1-21-14-7-5-11(6-8-14)16(20)22-10-15(19)18-13-4-2-3-12(17)9-13/h2-9H,10H2,1H3,(H,18,19). The van der Waals surface area contributed by atoms with Gasteiger partial charge in [0.1, 0.15) is 5.75 Å². The molecule has 0 aliphatic carbocycles. The number of benzene rings is 2. The van der Waals surface area contributed by atoms with Gasteiger partial charge in [0.05, 0.1) is 12.7 Å². The molecule has 0 aliphatic rings. The second kappa shape index (κ2) is 7.79. The van der Waals surface area contributed by atoms with Gasteiger partial charge in [-0.15, -0.1) is 0 Å². The first-order valence-corrected chi connectivity index (χ1v) is 7.53. The van der Waals surface area contributed by atoms with Gasteiger partial charge in [-0.3, -0.25) is 4.79 Å². The van der Waals surface area contributed by atoms with Crippen LogP contribution < -0.4 is 10.1 Å². The predicted octanol–water partition coefficient (Wildman–Crippen LogP) is 3.10. The van der Waals surface area contributed by atoms with Crippen LogP contribution in [0.1, 0.15) is 10.4 Å². The molecule has 114 valence electrons. The Kier molecular flexibility index (Phi) is 5.76. The van der Waals surface area contributed by atoms with E-state index < -0.39 is 5.97 Å². The van der Waals surface area contributed by atoms with E-state index in [9.17, 15) is 9.59 Å². The fraction of sp³-hybridized carbons (Fsp3) is 0.125. The van der Waals surface area contributed by atoms with Crippen LogP contribution in [0.5, 0.6) is 5.75 Å². The Morgan fingerprint density at radius 2 is 1.86 bits per heavy atom. The van der Waals surface area contributed by atoms with Gasteiger partial charge in [0, 0.05) is 9.26 Å². The van der Waals surface area contributed by atoms with E-state index in [-0.39, 0.29) is 12.5 Å². The summed E-state index contributed by atoms with van der Waals surface area (Å²) in [5.74, 6) is -0.294. The van der Waals surface area contributed by atoms with Crippen molar-refractivity contribution in [2.75, 3.05) is 19.0 Å². The van der Waals surface area contributed by atoms with Crippen molar-refractivity contribution in [2.45, 2.75) is 0 Å². The molecule has 0 aromatic heterocycles. The summed E-state index contributed by atoms with van der Waals surface area (Å²) >= 11 is 2.15. The number of ether oxygens (including phenoxy) is 2. The second-order valence-electron chi connectivity index (χ2n) is 4.36. The molecule has 0 fully saturated rings. The number of rotatable bonds is 5. The molecular formula is C16H14INO4. The first kappa shape index (κ1) is 16.3. The van der Waals surface area contributed by atoms with Crippen molar-refractivity contribution in [1.29, 1.82) is 0 Å². The Balaban J connectivity index is 1.86. The van der Waals surface area contributed by atoms with Crippen LogP contribution in [0, 0.1) is 3.57 Å². The molecule has 0 saturated heterocycles. The van der Waals surface area contributed by atoms with Gasteiger partial charge >= 0.3 is 5.97 Å². The molecule has 2 aromatic carbocycles. The summed E-state index contributed by atoms with van der Waals surface area (Å²) in [6.07, 6.45) is 0. The molecule has 5 nitrogen and oxygen atoms in total. The van der Waals surface area contributed by atoms with Gasteiger partial charge in [-0.25, -0.2) is 4.79 Å². The number of amides is 1. The van der Waals surface area contributed by atoms with E-state index in [4.69, 9.17) is 9.47 Å². The Hall–Kier alpha value is -2.09. The first-order chi connectivity index (χ1) is 10.6. The van der Waals surface area contributed by atoms with Crippen molar-refractivity contribution in [2.24, 2.45) is 0 Å². The van der Waals surface area contributed by atoms with Gasteiger partial charge < -0.3 is 14.8 Å². The predicted molar refractivity (Wildman–Crippen MR) is 91.1 cm³/mol. The monoisotopic (exact) mass is 411 g/mol. The number of hydrogen-bond acceptors (Lipinski definition) is 4. The molecule has 6 heteroatoms.